The van der Waals surface area contributed by atoms with Gasteiger partial charge in [-0.2, -0.15) is 4.31 Å². The van der Waals surface area contributed by atoms with Crippen molar-refractivity contribution in [2.45, 2.75) is 30.7 Å². The molecular formula is C25H30N4O4S. The van der Waals surface area contributed by atoms with Gasteiger partial charge in [0, 0.05) is 38.4 Å². The molecule has 34 heavy (non-hydrogen) atoms. The molecule has 180 valence electrons. The first-order valence-electron chi connectivity index (χ1n) is 11.3. The van der Waals surface area contributed by atoms with Gasteiger partial charge in [0.15, 0.2) is 0 Å². The van der Waals surface area contributed by atoms with Crippen molar-refractivity contribution in [1.29, 1.82) is 0 Å². The second kappa shape index (κ2) is 9.99. The monoisotopic (exact) mass is 482 g/mol. The van der Waals surface area contributed by atoms with E-state index in [-0.39, 0.29) is 16.7 Å². The van der Waals surface area contributed by atoms with Gasteiger partial charge in [-0.15, -0.1) is 0 Å². The predicted molar refractivity (Wildman–Crippen MR) is 129 cm³/mol. The summed E-state index contributed by atoms with van der Waals surface area (Å²) in [6, 6.07) is 14.0. The van der Waals surface area contributed by atoms with Gasteiger partial charge in [-0.1, -0.05) is 29.8 Å². The van der Waals surface area contributed by atoms with Crippen LogP contribution in [0.15, 0.2) is 65.8 Å². The zero-order valence-corrected chi connectivity index (χ0v) is 20.5. The number of rotatable bonds is 7. The molecule has 2 aromatic carbocycles. The maximum absolute atomic E-state index is 13.2. The number of ether oxygens (including phenoxy) is 1. The zero-order chi connectivity index (χ0) is 24.3. The second-order valence-corrected chi connectivity index (χ2v) is 10.5. The molecule has 1 atom stereocenters. The van der Waals surface area contributed by atoms with Crippen molar-refractivity contribution in [2.75, 3.05) is 20.2 Å². The maximum Gasteiger partial charge on any atom is 0.243 e. The Morgan fingerprint density at radius 2 is 1.74 bits per heavy atom. The molecule has 0 saturated carbocycles. The molecule has 1 saturated heterocycles. The number of aromatic nitrogens is 2. The van der Waals surface area contributed by atoms with Crippen LogP contribution in [0.1, 0.15) is 35.8 Å². The summed E-state index contributed by atoms with van der Waals surface area (Å²) in [6.45, 7) is 2.54. The van der Waals surface area contributed by atoms with E-state index in [9.17, 15) is 13.2 Å². The Labute approximate surface area is 200 Å². The van der Waals surface area contributed by atoms with Gasteiger partial charge in [0.25, 0.3) is 0 Å². The Balaban J connectivity index is 1.46. The first kappa shape index (κ1) is 24.0. The van der Waals surface area contributed by atoms with Crippen LogP contribution < -0.4 is 10.1 Å². The van der Waals surface area contributed by atoms with E-state index >= 15 is 0 Å². The van der Waals surface area contributed by atoms with Gasteiger partial charge in [0.05, 0.1) is 12.0 Å². The Hall–Kier alpha value is -3.17. The third-order valence-electron chi connectivity index (χ3n) is 6.34. The van der Waals surface area contributed by atoms with Gasteiger partial charge in [0.1, 0.15) is 17.6 Å². The number of methoxy groups -OCH3 is 1. The number of hydrogen-bond acceptors (Lipinski definition) is 5. The van der Waals surface area contributed by atoms with Crippen molar-refractivity contribution in [3.8, 4) is 5.75 Å². The molecule has 1 fully saturated rings. The lowest BCUT2D eigenvalue weighted by Gasteiger charge is -2.31. The minimum atomic E-state index is -3.57. The third-order valence-corrected chi connectivity index (χ3v) is 8.25. The van der Waals surface area contributed by atoms with Crippen LogP contribution in [0.4, 0.5) is 0 Å². The first-order chi connectivity index (χ1) is 16.3. The molecule has 1 aliphatic rings. The summed E-state index contributed by atoms with van der Waals surface area (Å²) in [5.41, 5.74) is 1.90. The number of hydrogen-bond donors (Lipinski definition) is 1. The van der Waals surface area contributed by atoms with E-state index in [0.717, 1.165) is 22.7 Å². The zero-order valence-electron chi connectivity index (χ0n) is 19.6. The maximum atomic E-state index is 13.2. The topological polar surface area (TPSA) is 93.5 Å². The Morgan fingerprint density at radius 1 is 1.09 bits per heavy atom. The number of imidazole rings is 1. The molecule has 0 spiro atoms. The molecule has 0 radical (unpaired) electrons. The summed E-state index contributed by atoms with van der Waals surface area (Å²) in [5, 5.41) is 3.14. The summed E-state index contributed by atoms with van der Waals surface area (Å²) in [7, 11) is -0.0674. The van der Waals surface area contributed by atoms with E-state index in [1.165, 1.54) is 4.31 Å². The summed E-state index contributed by atoms with van der Waals surface area (Å²) >= 11 is 0. The average Bonchev–Trinajstić information content (AvgIpc) is 3.28. The summed E-state index contributed by atoms with van der Waals surface area (Å²) in [5.74, 6) is 1.08. The van der Waals surface area contributed by atoms with Gasteiger partial charge in [0.2, 0.25) is 15.9 Å². The van der Waals surface area contributed by atoms with E-state index in [1.54, 1.807) is 37.6 Å². The third kappa shape index (κ3) is 5.00. The Morgan fingerprint density at radius 3 is 2.29 bits per heavy atom. The summed E-state index contributed by atoms with van der Waals surface area (Å²) in [6.07, 6.45) is 4.47. The number of sulfonamides is 1. The number of carbonyl (C=O) groups is 1. The van der Waals surface area contributed by atoms with Gasteiger partial charge in [-0.25, -0.2) is 13.4 Å². The van der Waals surface area contributed by atoms with Crippen LogP contribution >= 0.6 is 0 Å². The molecule has 2 heterocycles. The normalized spacial score (nSPS) is 16.2. The van der Waals surface area contributed by atoms with Crippen LogP contribution in [-0.4, -0.2) is 48.4 Å². The number of nitrogens with zero attached hydrogens (tertiary/aromatic N) is 3. The van der Waals surface area contributed by atoms with E-state index < -0.39 is 16.1 Å². The fourth-order valence-electron chi connectivity index (χ4n) is 4.23. The molecule has 0 unspecified atom stereocenters. The molecule has 1 aliphatic heterocycles. The highest BCUT2D eigenvalue weighted by Gasteiger charge is 2.33. The summed E-state index contributed by atoms with van der Waals surface area (Å²) in [4.78, 5) is 18.0. The van der Waals surface area contributed by atoms with Crippen LogP contribution in [0.3, 0.4) is 0 Å². The van der Waals surface area contributed by atoms with Crippen LogP contribution in [-0.2, 0) is 21.9 Å². The van der Waals surface area contributed by atoms with Crippen molar-refractivity contribution in [1.82, 2.24) is 19.2 Å². The number of carbonyl (C=O) groups excluding carboxylic acids is 1. The minimum absolute atomic E-state index is 0.101. The summed E-state index contributed by atoms with van der Waals surface area (Å²) < 4.78 is 34.6. The Kier molecular flexibility index (Phi) is 7.04. The average molecular weight is 483 g/mol. The molecule has 1 N–H and O–H groups in total. The first-order valence-corrected chi connectivity index (χ1v) is 12.7. The molecule has 9 heteroatoms. The van der Waals surface area contributed by atoms with Crippen LogP contribution in [0.5, 0.6) is 5.75 Å². The van der Waals surface area contributed by atoms with Crippen molar-refractivity contribution >= 4 is 15.9 Å². The molecule has 4 rings (SSSR count). The lowest BCUT2D eigenvalue weighted by molar-refractivity contribution is -0.126. The van der Waals surface area contributed by atoms with Gasteiger partial charge >= 0.3 is 0 Å². The molecule has 8 nitrogen and oxygen atoms in total. The largest absolute Gasteiger partial charge is 0.497 e. The number of nitrogens with one attached hydrogen (secondary N) is 1. The highest BCUT2D eigenvalue weighted by Crippen LogP contribution is 2.27. The van der Waals surface area contributed by atoms with E-state index in [2.05, 4.69) is 10.3 Å². The lowest BCUT2D eigenvalue weighted by Crippen LogP contribution is -2.44. The van der Waals surface area contributed by atoms with E-state index in [4.69, 9.17) is 4.74 Å². The standard InChI is InChI=1S/C25H30N4O4S/c1-18-4-10-22(11-5-18)34(31,32)29-15-12-20(13-16-29)25(30)27-23(24-26-14-17-28(24)2)19-6-8-21(33-3)9-7-19/h4-11,14,17,20,23H,12-13,15-16H2,1-3H3,(H,27,30)/t23-/m1/s1. The van der Waals surface area contributed by atoms with Gasteiger partial charge in [-0.3, -0.25) is 4.79 Å². The van der Waals surface area contributed by atoms with Gasteiger partial charge in [-0.05, 0) is 49.6 Å². The number of amides is 1. The van der Waals surface area contributed by atoms with Crippen molar-refractivity contribution < 1.29 is 17.9 Å². The smallest absolute Gasteiger partial charge is 0.243 e. The predicted octanol–water partition coefficient (Wildman–Crippen LogP) is 3.04. The molecular weight excluding hydrogens is 452 g/mol. The van der Waals surface area contributed by atoms with E-state index in [0.29, 0.717) is 25.9 Å². The molecule has 3 aromatic rings. The highest BCUT2D eigenvalue weighted by atomic mass is 32.2. The van der Waals surface area contributed by atoms with Crippen LogP contribution in [0.25, 0.3) is 0 Å². The van der Waals surface area contributed by atoms with E-state index in [1.807, 2.05) is 49.0 Å². The molecule has 1 amide bonds. The molecule has 1 aromatic heterocycles. The van der Waals surface area contributed by atoms with Crippen LogP contribution in [0.2, 0.25) is 0 Å². The molecule has 0 bridgehead atoms. The minimum Gasteiger partial charge on any atom is -0.497 e. The number of aryl methyl sites for hydroxylation is 2. The highest BCUT2D eigenvalue weighted by molar-refractivity contribution is 7.89. The fourth-order valence-corrected chi connectivity index (χ4v) is 5.70. The number of piperidine rings is 1. The van der Waals surface area contributed by atoms with Gasteiger partial charge < -0.3 is 14.6 Å². The van der Waals surface area contributed by atoms with Crippen LogP contribution in [0, 0.1) is 12.8 Å². The lowest BCUT2D eigenvalue weighted by atomic mass is 9.96. The van der Waals surface area contributed by atoms with Crippen molar-refractivity contribution in [3.63, 3.8) is 0 Å². The van der Waals surface area contributed by atoms with Crippen molar-refractivity contribution in [3.05, 3.63) is 77.9 Å². The van der Waals surface area contributed by atoms with Crippen molar-refractivity contribution in [2.24, 2.45) is 13.0 Å². The quantitative estimate of drug-likeness (QED) is 0.559. The molecule has 0 aliphatic carbocycles. The second-order valence-electron chi connectivity index (χ2n) is 8.60. The SMILES string of the molecule is COc1ccc([C@@H](NC(=O)C2CCN(S(=O)(=O)c3ccc(C)cc3)CC2)c2nccn2C)cc1. The number of benzene rings is 2. The fraction of sp³-hybridized carbons (Fsp3) is 0.360. The Bertz CT molecular complexity index is 1230.